The smallest absolute Gasteiger partial charge is 0.235 e. The second-order valence-corrected chi connectivity index (χ2v) is 9.08. The van der Waals surface area contributed by atoms with Crippen LogP contribution in [0.4, 0.5) is 0 Å². The molecule has 0 saturated heterocycles. The van der Waals surface area contributed by atoms with E-state index in [1.807, 2.05) is 48.5 Å². The quantitative estimate of drug-likeness (QED) is 0.773. The number of benzene rings is 2. The van der Waals surface area contributed by atoms with Gasteiger partial charge in [0, 0.05) is 6.54 Å². The summed E-state index contributed by atoms with van der Waals surface area (Å²) in [6.07, 6.45) is 3.88. The Hall–Kier alpha value is -2.38. The molecule has 0 fully saturated rings. The van der Waals surface area contributed by atoms with E-state index in [4.69, 9.17) is 4.74 Å². The van der Waals surface area contributed by atoms with E-state index in [9.17, 15) is 13.2 Å². The second kappa shape index (κ2) is 8.75. The molecule has 0 heterocycles. The summed E-state index contributed by atoms with van der Waals surface area (Å²) in [5.41, 5.74) is 3.09. The van der Waals surface area contributed by atoms with Crippen LogP contribution < -0.4 is 10.1 Å². The fourth-order valence-corrected chi connectivity index (χ4v) is 4.28. The van der Waals surface area contributed by atoms with E-state index in [1.165, 1.54) is 9.87 Å². The van der Waals surface area contributed by atoms with Crippen molar-refractivity contribution in [3.63, 3.8) is 0 Å². The van der Waals surface area contributed by atoms with Gasteiger partial charge in [-0.1, -0.05) is 36.4 Å². The van der Waals surface area contributed by atoms with Crippen molar-refractivity contribution in [3.05, 3.63) is 65.2 Å². The molecule has 150 valence electrons. The van der Waals surface area contributed by atoms with E-state index in [1.54, 1.807) is 7.11 Å². The van der Waals surface area contributed by atoms with Gasteiger partial charge in [0.25, 0.3) is 0 Å². The maximum Gasteiger partial charge on any atom is 0.235 e. The van der Waals surface area contributed by atoms with Crippen LogP contribution in [0.2, 0.25) is 0 Å². The minimum absolute atomic E-state index is 0.111. The van der Waals surface area contributed by atoms with Crippen molar-refractivity contribution in [2.75, 3.05) is 19.9 Å². The van der Waals surface area contributed by atoms with Gasteiger partial charge in [-0.2, -0.15) is 4.31 Å². The molecule has 2 aromatic carbocycles. The molecule has 3 rings (SSSR count). The predicted molar refractivity (Wildman–Crippen MR) is 109 cm³/mol. The van der Waals surface area contributed by atoms with E-state index in [2.05, 4.69) is 5.32 Å². The van der Waals surface area contributed by atoms with Crippen molar-refractivity contribution in [1.29, 1.82) is 0 Å². The maximum atomic E-state index is 12.6. The number of ether oxygens (including phenoxy) is 1. The van der Waals surface area contributed by atoms with Gasteiger partial charge in [-0.3, -0.25) is 4.79 Å². The Morgan fingerprint density at radius 3 is 2.64 bits per heavy atom. The molecule has 0 bridgehead atoms. The number of carbonyl (C=O) groups is 1. The third kappa shape index (κ3) is 5.11. The van der Waals surface area contributed by atoms with Crippen LogP contribution in [-0.2, 0) is 27.8 Å². The molecular formula is C21H26N2O4S. The lowest BCUT2D eigenvalue weighted by molar-refractivity contribution is -0.122. The lowest BCUT2D eigenvalue weighted by atomic mass is 9.87. The van der Waals surface area contributed by atoms with Gasteiger partial charge < -0.3 is 10.1 Å². The van der Waals surface area contributed by atoms with Crippen LogP contribution in [0.5, 0.6) is 5.75 Å². The van der Waals surface area contributed by atoms with Gasteiger partial charge in [0.2, 0.25) is 15.9 Å². The van der Waals surface area contributed by atoms with Gasteiger partial charge in [0.1, 0.15) is 5.75 Å². The van der Waals surface area contributed by atoms with Crippen molar-refractivity contribution < 1.29 is 17.9 Å². The van der Waals surface area contributed by atoms with Gasteiger partial charge in [-0.05, 0) is 48.1 Å². The minimum Gasteiger partial charge on any atom is -0.497 e. The highest BCUT2D eigenvalue weighted by molar-refractivity contribution is 7.88. The minimum atomic E-state index is -3.51. The van der Waals surface area contributed by atoms with Crippen LogP contribution in [0.15, 0.2) is 48.5 Å². The Balaban J connectivity index is 1.70. The zero-order valence-corrected chi connectivity index (χ0v) is 17.0. The van der Waals surface area contributed by atoms with Crippen LogP contribution in [0.25, 0.3) is 0 Å². The first-order valence-corrected chi connectivity index (χ1v) is 11.2. The molecule has 7 heteroatoms. The largest absolute Gasteiger partial charge is 0.497 e. The molecule has 0 radical (unpaired) electrons. The highest BCUT2D eigenvalue weighted by atomic mass is 32.2. The highest BCUT2D eigenvalue weighted by Crippen LogP contribution is 2.32. The molecule has 1 aliphatic carbocycles. The van der Waals surface area contributed by atoms with Crippen LogP contribution in [0.1, 0.15) is 35.6 Å². The SMILES string of the molecule is COc1ccc2c(c1)CCC[C@@H]2NC(=O)CN(Cc1ccccc1)S(C)(=O)=O. The number of sulfonamides is 1. The van der Waals surface area contributed by atoms with Gasteiger partial charge in [-0.15, -0.1) is 0 Å². The second-order valence-electron chi connectivity index (χ2n) is 7.09. The van der Waals surface area contributed by atoms with E-state index in [-0.39, 0.29) is 25.0 Å². The molecule has 1 N–H and O–H groups in total. The van der Waals surface area contributed by atoms with E-state index >= 15 is 0 Å². The maximum absolute atomic E-state index is 12.6. The van der Waals surface area contributed by atoms with Crippen molar-refractivity contribution in [3.8, 4) is 5.75 Å². The Morgan fingerprint density at radius 1 is 1.21 bits per heavy atom. The molecule has 28 heavy (non-hydrogen) atoms. The molecule has 0 spiro atoms. The summed E-state index contributed by atoms with van der Waals surface area (Å²) in [6.45, 7) is -0.0265. The number of nitrogens with one attached hydrogen (secondary N) is 1. The molecule has 0 aromatic heterocycles. The third-order valence-electron chi connectivity index (χ3n) is 4.99. The average Bonchev–Trinajstić information content (AvgIpc) is 2.67. The number of aryl methyl sites for hydroxylation is 1. The summed E-state index contributed by atoms with van der Waals surface area (Å²) in [6, 6.07) is 15.0. The fourth-order valence-electron chi connectivity index (χ4n) is 3.55. The van der Waals surface area contributed by atoms with E-state index < -0.39 is 10.0 Å². The summed E-state index contributed by atoms with van der Waals surface area (Å²) >= 11 is 0. The first-order chi connectivity index (χ1) is 13.4. The lowest BCUT2D eigenvalue weighted by Gasteiger charge is -2.28. The standard InChI is InChI=1S/C21H26N2O4S/c1-27-18-11-12-19-17(13-18)9-6-10-20(19)22-21(24)15-23(28(2,25)26)14-16-7-4-3-5-8-16/h3-5,7-8,11-13,20H,6,9-10,14-15H2,1-2H3,(H,22,24)/t20-/m0/s1. The van der Waals surface area contributed by atoms with Crippen molar-refractivity contribution >= 4 is 15.9 Å². The van der Waals surface area contributed by atoms with Gasteiger partial charge >= 0.3 is 0 Å². The van der Waals surface area contributed by atoms with Crippen LogP contribution in [0.3, 0.4) is 0 Å². The molecule has 0 unspecified atom stereocenters. The highest BCUT2D eigenvalue weighted by Gasteiger charge is 2.25. The Bertz CT molecular complexity index is 929. The number of amides is 1. The monoisotopic (exact) mass is 402 g/mol. The number of methoxy groups -OCH3 is 1. The predicted octanol–water partition coefficient (Wildman–Crippen LogP) is 2.65. The van der Waals surface area contributed by atoms with Crippen LogP contribution in [0, 0.1) is 0 Å². The summed E-state index contributed by atoms with van der Waals surface area (Å²) in [4.78, 5) is 12.6. The molecule has 1 atom stereocenters. The number of carbonyl (C=O) groups excluding carboxylic acids is 1. The first kappa shape index (κ1) is 20.4. The van der Waals surface area contributed by atoms with Gasteiger partial charge in [-0.25, -0.2) is 8.42 Å². The normalized spacial score (nSPS) is 16.5. The zero-order valence-electron chi connectivity index (χ0n) is 16.2. The summed E-state index contributed by atoms with van der Waals surface area (Å²) < 4.78 is 30.8. The summed E-state index contributed by atoms with van der Waals surface area (Å²) in [7, 11) is -1.88. The summed E-state index contributed by atoms with van der Waals surface area (Å²) in [5, 5.41) is 3.02. The zero-order chi connectivity index (χ0) is 20.1. The number of fused-ring (bicyclic) bond motifs is 1. The van der Waals surface area contributed by atoms with Crippen LogP contribution in [-0.4, -0.2) is 38.5 Å². The lowest BCUT2D eigenvalue weighted by Crippen LogP contribution is -2.41. The van der Waals surface area contributed by atoms with E-state index in [0.29, 0.717) is 0 Å². The van der Waals surface area contributed by atoms with Gasteiger partial charge in [0.15, 0.2) is 0 Å². The van der Waals surface area contributed by atoms with Crippen LogP contribution >= 0.6 is 0 Å². The molecule has 2 aromatic rings. The molecule has 1 amide bonds. The number of hydrogen-bond donors (Lipinski definition) is 1. The van der Waals surface area contributed by atoms with Gasteiger partial charge in [0.05, 0.1) is 26.0 Å². The average molecular weight is 403 g/mol. The third-order valence-corrected chi connectivity index (χ3v) is 6.19. The van der Waals surface area contributed by atoms with Crippen molar-refractivity contribution in [2.24, 2.45) is 0 Å². The number of hydrogen-bond acceptors (Lipinski definition) is 4. The molecular weight excluding hydrogens is 376 g/mol. The van der Waals surface area contributed by atoms with Crippen molar-refractivity contribution in [1.82, 2.24) is 9.62 Å². The number of rotatable bonds is 7. The van der Waals surface area contributed by atoms with Crippen molar-refractivity contribution in [2.45, 2.75) is 31.8 Å². The Kier molecular flexibility index (Phi) is 6.36. The van der Waals surface area contributed by atoms with E-state index in [0.717, 1.165) is 42.4 Å². The Labute approximate surface area is 166 Å². The molecule has 0 saturated carbocycles. The molecule has 0 aliphatic heterocycles. The number of nitrogens with zero attached hydrogens (tertiary/aromatic N) is 1. The Morgan fingerprint density at radius 2 is 1.96 bits per heavy atom. The fraction of sp³-hybridized carbons (Fsp3) is 0.381. The summed E-state index contributed by atoms with van der Waals surface area (Å²) in [5.74, 6) is 0.506. The first-order valence-electron chi connectivity index (χ1n) is 9.32. The molecule has 1 aliphatic rings. The molecule has 6 nitrogen and oxygen atoms in total. The topological polar surface area (TPSA) is 75.7 Å².